The van der Waals surface area contributed by atoms with Gasteiger partial charge in [-0.2, -0.15) is 0 Å². The zero-order valence-electron chi connectivity index (χ0n) is 8.28. The third-order valence-electron chi connectivity index (χ3n) is 2.09. The molecule has 13 heavy (non-hydrogen) atoms. The maximum Gasteiger partial charge on any atom is 0.119 e. The summed E-state index contributed by atoms with van der Waals surface area (Å²) >= 11 is 1.63. The van der Waals surface area contributed by atoms with Crippen LogP contribution < -0.4 is 5.73 Å². The molecule has 2 unspecified atom stereocenters. The SMILES string of the molecule is COCc1nc(C(C)C(C)N)cs1. The number of hydrogen-bond acceptors (Lipinski definition) is 4. The van der Waals surface area contributed by atoms with E-state index in [1.54, 1.807) is 18.4 Å². The Hall–Kier alpha value is -0.450. The fourth-order valence-electron chi connectivity index (χ4n) is 0.993. The van der Waals surface area contributed by atoms with Crippen LogP contribution in [-0.2, 0) is 11.3 Å². The maximum absolute atomic E-state index is 5.78. The summed E-state index contributed by atoms with van der Waals surface area (Å²) in [6, 6.07) is 0.150. The van der Waals surface area contributed by atoms with Gasteiger partial charge in [-0.3, -0.25) is 0 Å². The minimum absolute atomic E-state index is 0.150. The molecule has 0 aromatic carbocycles. The first kappa shape index (κ1) is 10.6. The number of ether oxygens (including phenoxy) is 1. The number of aromatic nitrogens is 1. The number of rotatable bonds is 4. The molecule has 4 heteroatoms. The predicted octanol–water partition coefficient (Wildman–Crippen LogP) is 1.74. The molecule has 1 aromatic heterocycles. The summed E-state index contributed by atoms with van der Waals surface area (Å²) in [4.78, 5) is 4.43. The summed E-state index contributed by atoms with van der Waals surface area (Å²) < 4.78 is 5.00. The lowest BCUT2D eigenvalue weighted by atomic mass is 10.0. The minimum Gasteiger partial charge on any atom is -0.378 e. The number of nitrogens with zero attached hydrogens (tertiary/aromatic N) is 1. The molecule has 0 saturated heterocycles. The molecular weight excluding hydrogens is 184 g/mol. The summed E-state index contributed by atoms with van der Waals surface area (Å²) in [6.45, 7) is 4.69. The lowest BCUT2D eigenvalue weighted by Gasteiger charge is -2.11. The van der Waals surface area contributed by atoms with E-state index in [0.717, 1.165) is 10.7 Å². The Balaban J connectivity index is 2.67. The quantitative estimate of drug-likeness (QED) is 0.805. The van der Waals surface area contributed by atoms with Gasteiger partial charge < -0.3 is 10.5 Å². The van der Waals surface area contributed by atoms with E-state index in [0.29, 0.717) is 12.5 Å². The Bertz CT molecular complexity index is 260. The standard InChI is InChI=1S/C9H16N2OS/c1-6(7(2)10)8-5-13-9(11-8)4-12-3/h5-7H,4,10H2,1-3H3. The molecule has 2 atom stereocenters. The summed E-state index contributed by atoms with van der Waals surface area (Å²) in [7, 11) is 1.68. The Morgan fingerprint density at radius 3 is 2.85 bits per heavy atom. The molecule has 1 aromatic rings. The molecule has 1 rings (SSSR count). The highest BCUT2D eigenvalue weighted by atomic mass is 32.1. The van der Waals surface area contributed by atoms with E-state index in [1.165, 1.54) is 0 Å². The summed E-state index contributed by atoms with van der Waals surface area (Å²) in [5.74, 6) is 0.321. The molecule has 74 valence electrons. The van der Waals surface area contributed by atoms with Crippen LogP contribution in [0.4, 0.5) is 0 Å². The Kier molecular flexibility index (Phi) is 3.84. The van der Waals surface area contributed by atoms with E-state index in [1.807, 2.05) is 6.92 Å². The van der Waals surface area contributed by atoms with Crippen molar-refractivity contribution in [2.45, 2.75) is 32.4 Å². The van der Waals surface area contributed by atoms with Gasteiger partial charge in [0.05, 0.1) is 12.3 Å². The molecule has 0 radical (unpaired) electrons. The third kappa shape index (κ3) is 2.76. The van der Waals surface area contributed by atoms with E-state index in [2.05, 4.69) is 17.3 Å². The predicted molar refractivity (Wildman–Crippen MR) is 54.9 cm³/mol. The highest BCUT2D eigenvalue weighted by Gasteiger charge is 2.13. The van der Waals surface area contributed by atoms with E-state index in [-0.39, 0.29) is 6.04 Å². The molecule has 2 N–H and O–H groups in total. The Morgan fingerprint density at radius 1 is 1.62 bits per heavy atom. The van der Waals surface area contributed by atoms with Crippen LogP contribution in [0.15, 0.2) is 5.38 Å². The number of methoxy groups -OCH3 is 1. The molecule has 0 spiro atoms. The van der Waals surface area contributed by atoms with Crippen LogP contribution in [0.25, 0.3) is 0 Å². The molecule has 0 aliphatic rings. The lowest BCUT2D eigenvalue weighted by Crippen LogP contribution is -2.22. The van der Waals surface area contributed by atoms with Crippen LogP contribution in [0.1, 0.15) is 30.5 Å². The first-order chi connectivity index (χ1) is 6.15. The van der Waals surface area contributed by atoms with Crippen LogP contribution >= 0.6 is 11.3 Å². The zero-order chi connectivity index (χ0) is 9.84. The van der Waals surface area contributed by atoms with Crippen molar-refractivity contribution in [2.75, 3.05) is 7.11 Å². The third-order valence-corrected chi connectivity index (χ3v) is 2.93. The van der Waals surface area contributed by atoms with Crippen molar-refractivity contribution in [3.63, 3.8) is 0 Å². The topological polar surface area (TPSA) is 48.1 Å². The van der Waals surface area contributed by atoms with Crippen molar-refractivity contribution < 1.29 is 4.74 Å². The minimum atomic E-state index is 0.150. The van der Waals surface area contributed by atoms with Crippen LogP contribution in [0.5, 0.6) is 0 Å². The van der Waals surface area contributed by atoms with Crippen molar-refractivity contribution in [1.82, 2.24) is 4.98 Å². The average Bonchev–Trinajstić information content (AvgIpc) is 2.52. The summed E-state index contributed by atoms with van der Waals surface area (Å²) in [5, 5.41) is 3.08. The van der Waals surface area contributed by atoms with Gasteiger partial charge in [-0.1, -0.05) is 6.92 Å². The smallest absolute Gasteiger partial charge is 0.119 e. The molecule has 0 amide bonds. The van der Waals surface area contributed by atoms with Gasteiger partial charge in [0.1, 0.15) is 5.01 Å². The van der Waals surface area contributed by atoms with Gasteiger partial charge in [-0.05, 0) is 6.92 Å². The van der Waals surface area contributed by atoms with Gasteiger partial charge in [0.2, 0.25) is 0 Å². The second kappa shape index (κ2) is 4.69. The van der Waals surface area contributed by atoms with Gasteiger partial charge in [-0.25, -0.2) is 4.98 Å². The lowest BCUT2D eigenvalue weighted by molar-refractivity contribution is 0.184. The maximum atomic E-state index is 5.78. The van der Waals surface area contributed by atoms with Gasteiger partial charge in [0, 0.05) is 24.4 Å². The van der Waals surface area contributed by atoms with Crippen LogP contribution in [-0.4, -0.2) is 18.1 Å². The van der Waals surface area contributed by atoms with Crippen LogP contribution in [0.3, 0.4) is 0 Å². The highest BCUT2D eigenvalue weighted by molar-refractivity contribution is 7.09. The van der Waals surface area contributed by atoms with E-state index in [4.69, 9.17) is 10.5 Å². The van der Waals surface area contributed by atoms with E-state index < -0.39 is 0 Å². The van der Waals surface area contributed by atoms with Gasteiger partial charge in [0.25, 0.3) is 0 Å². The monoisotopic (exact) mass is 200 g/mol. The fraction of sp³-hybridized carbons (Fsp3) is 0.667. The molecule has 1 heterocycles. The molecular formula is C9H16N2OS. The number of hydrogen-bond donors (Lipinski definition) is 1. The molecule has 0 aliphatic carbocycles. The van der Waals surface area contributed by atoms with Gasteiger partial charge in [-0.15, -0.1) is 11.3 Å². The van der Waals surface area contributed by atoms with Crippen LogP contribution in [0.2, 0.25) is 0 Å². The zero-order valence-corrected chi connectivity index (χ0v) is 9.10. The Labute approximate surface area is 82.9 Å². The van der Waals surface area contributed by atoms with Crippen molar-refractivity contribution >= 4 is 11.3 Å². The average molecular weight is 200 g/mol. The Morgan fingerprint density at radius 2 is 2.31 bits per heavy atom. The van der Waals surface area contributed by atoms with Gasteiger partial charge >= 0.3 is 0 Å². The molecule has 0 aliphatic heterocycles. The number of thiazole rings is 1. The first-order valence-corrected chi connectivity index (χ1v) is 5.22. The second-order valence-corrected chi connectivity index (χ2v) is 4.19. The van der Waals surface area contributed by atoms with E-state index in [9.17, 15) is 0 Å². The van der Waals surface area contributed by atoms with E-state index >= 15 is 0 Å². The second-order valence-electron chi connectivity index (χ2n) is 3.25. The summed E-state index contributed by atoms with van der Waals surface area (Å²) in [6.07, 6.45) is 0. The fourth-order valence-corrected chi connectivity index (χ4v) is 1.86. The normalized spacial score (nSPS) is 15.7. The van der Waals surface area contributed by atoms with Crippen LogP contribution in [0, 0.1) is 0 Å². The largest absolute Gasteiger partial charge is 0.378 e. The van der Waals surface area contributed by atoms with Crippen molar-refractivity contribution in [3.8, 4) is 0 Å². The van der Waals surface area contributed by atoms with Crippen molar-refractivity contribution in [3.05, 3.63) is 16.1 Å². The number of nitrogens with two attached hydrogens (primary N) is 1. The molecule has 0 fully saturated rings. The molecule has 3 nitrogen and oxygen atoms in total. The van der Waals surface area contributed by atoms with Crippen molar-refractivity contribution in [2.24, 2.45) is 5.73 Å². The van der Waals surface area contributed by atoms with Crippen molar-refractivity contribution in [1.29, 1.82) is 0 Å². The first-order valence-electron chi connectivity index (χ1n) is 4.34. The summed E-state index contributed by atoms with van der Waals surface area (Å²) in [5.41, 5.74) is 6.86. The van der Waals surface area contributed by atoms with Gasteiger partial charge in [0.15, 0.2) is 0 Å². The molecule has 0 bridgehead atoms. The molecule has 0 saturated carbocycles. The highest BCUT2D eigenvalue weighted by Crippen LogP contribution is 2.20.